The summed E-state index contributed by atoms with van der Waals surface area (Å²) in [5, 5.41) is 4.49. The third-order valence-corrected chi connectivity index (χ3v) is 5.08. The van der Waals surface area contributed by atoms with Crippen molar-refractivity contribution in [2.75, 3.05) is 0 Å². The lowest BCUT2D eigenvalue weighted by molar-refractivity contribution is 0.386. The van der Waals surface area contributed by atoms with E-state index in [1.165, 1.54) is 15.9 Å². The van der Waals surface area contributed by atoms with E-state index >= 15 is 0 Å². The molecule has 3 heterocycles. The van der Waals surface area contributed by atoms with Gasteiger partial charge < -0.3 is 4.52 Å². The third kappa shape index (κ3) is 2.43. The molecule has 0 saturated heterocycles. The summed E-state index contributed by atoms with van der Waals surface area (Å²) < 4.78 is 6.47. The van der Waals surface area contributed by atoms with Crippen molar-refractivity contribution in [3.8, 4) is 10.4 Å². The Morgan fingerprint density at radius 1 is 1.21 bits per heavy atom. The second-order valence-electron chi connectivity index (χ2n) is 5.51. The van der Waals surface area contributed by atoms with Gasteiger partial charge in [0.1, 0.15) is 4.83 Å². The SMILES string of the molecule is Cc1nc(Cn2cnc3sc(-c4ccccc4)c(C)c3c2=O)no1. The Hall–Kier alpha value is -2.80. The Bertz CT molecular complexity index is 1080. The summed E-state index contributed by atoms with van der Waals surface area (Å²) in [5.41, 5.74) is 1.97. The molecule has 0 N–H and O–H groups in total. The first-order valence-electron chi connectivity index (χ1n) is 7.46. The molecule has 0 radical (unpaired) electrons. The minimum atomic E-state index is -0.0848. The van der Waals surface area contributed by atoms with Crippen LogP contribution in [-0.2, 0) is 6.54 Å². The molecule has 0 spiro atoms. The molecule has 24 heavy (non-hydrogen) atoms. The number of thiophene rings is 1. The van der Waals surface area contributed by atoms with Gasteiger partial charge in [0.15, 0.2) is 5.82 Å². The van der Waals surface area contributed by atoms with Crippen molar-refractivity contribution in [1.29, 1.82) is 0 Å². The lowest BCUT2D eigenvalue weighted by Crippen LogP contribution is -2.21. The third-order valence-electron chi connectivity index (χ3n) is 3.83. The standard InChI is InChI=1S/C17H14N4O2S/c1-10-14-16(24-15(10)12-6-4-3-5-7-12)18-9-21(17(14)22)8-13-19-11(2)23-20-13/h3-7,9H,8H2,1-2H3. The number of fused-ring (bicyclic) bond motifs is 1. The first-order valence-corrected chi connectivity index (χ1v) is 8.28. The number of benzene rings is 1. The van der Waals surface area contributed by atoms with Crippen molar-refractivity contribution in [2.45, 2.75) is 20.4 Å². The van der Waals surface area contributed by atoms with Gasteiger partial charge in [0.2, 0.25) is 5.89 Å². The molecule has 0 amide bonds. The molecule has 6 nitrogen and oxygen atoms in total. The number of hydrogen-bond acceptors (Lipinski definition) is 6. The molecule has 120 valence electrons. The van der Waals surface area contributed by atoms with E-state index in [0.29, 0.717) is 17.1 Å². The molecular weight excluding hydrogens is 324 g/mol. The average molecular weight is 338 g/mol. The number of aromatic nitrogens is 4. The zero-order chi connectivity index (χ0) is 16.7. The van der Waals surface area contributed by atoms with E-state index in [0.717, 1.165) is 20.8 Å². The minimum Gasteiger partial charge on any atom is -0.340 e. The van der Waals surface area contributed by atoms with Crippen LogP contribution < -0.4 is 5.56 Å². The summed E-state index contributed by atoms with van der Waals surface area (Å²) in [6.45, 7) is 3.93. The molecule has 0 aliphatic heterocycles. The van der Waals surface area contributed by atoms with E-state index in [2.05, 4.69) is 15.1 Å². The summed E-state index contributed by atoms with van der Waals surface area (Å²) in [6, 6.07) is 10.0. The fourth-order valence-electron chi connectivity index (χ4n) is 2.69. The number of hydrogen-bond donors (Lipinski definition) is 0. The molecule has 0 bridgehead atoms. The van der Waals surface area contributed by atoms with Crippen LogP contribution in [0.1, 0.15) is 17.3 Å². The zero-order valence-corrected chi connectivity index (χ0v) is 14.0. The van der Waals surface area contributed by atoms with Crippen LogP contribution in [0.2, 0.25) is 0 Å². The predicted molar refractivity (Wildman–Crippen MR) is 92.2 cm³/mol. The summed E-state index contributed by atoms with van der Waals surface area (Å²) in [5.74, 6) is 0.942. The molecule has 4 rings (SSSR count). The van der Waals surface area contributed by atoms with Crippen LogP contribution in [0.4, 0.5) is 0 Å². The normalized spacial score (nSPS) is 11.2. The first kappa shape index (κ1) is 14.8. The van der Waals surface area contributed by atoms with Gasteiger partial charge in [-0.2, -0.15) is 4.98 Å². The van der Waals surface area contributed by atoms with Gasteiger partial charge in [-0.15, -0.1) is 11.3 Å². The summed E-state index contributed by atoms with van der Waals surface area (Å²) >= 11 is 1.54. The Kier molecular flexibility index (Phi) is 3.50. The molecule has 1 aromatic carbocycles. The largest absolute Gasteiger partial charge is 0.340 e. The summed E-state index contributed by atoms with van der Waals surface area (Å²) in [4.78, 5) is 23.3. The van der Waals surface area contributed by atoms with Crippen molar-refractivity contribution in [2.24, 2.45) is 0 Å². The highest BCUT2D eigenvalue weighted by Gasteiger charge is 2.16. The van der Waals surface area contributed by atoms with Crippen LogP contribution >= 0.6 is 11.3 Å². The van der Waals surface area contributed by atoms with Crippen molar-refractivity contribution in [1.82, 2.24) is 19.7 Å². The van der Waals surface area contributed by atoms with Crippen molar-refractivity contribution < 1.29 is 4.52 Å². The summed E-state index contributed by atoms with van der Waals surface area (Å²) in [6.07, 6.45) is 1.54. The Labute approximate surface area is 141 Å². The predicted octanol–water partition coefficient (Wildman–Crippen LogP) is 3.17. The number of aryl methyl sites for hydroxylation is 2. The Morgan fingerprint density at radius 2 is 2.00 bits per heavy atom. The molecule has 0 saturated carbocycles. The van der Waals surface area contributed by atoms with E-state index in [9.17, 15) is 4.79 Å². The maximum absolute atomic E-state index is 12.8. The van der Waals surface area contributed by atoms with E-state index in [1.807, 2.05) is 37.3 Å². The van der Waals surface area contributed by atoms with Crippen LogP contribution in [0.15, 0.2) is 46.0 Å². The van der Waals surface area contributed by atoms with Gasteiger partial charge in [-0.25, -0.2) is 4.98 Å². The van der Waals surface area contributed by atoms with Gasteiger partial charge in [-0.05, 0) is 18.1 Å². The van der Waals surface area contributed by atoms with Crippen molar-refractivity contribution in [3.63, 3.8) is 0 Å². The van der Waals surface area contributed by atoms with E-state index in [1.54, 1.807) is 13.3 Å². The molecule has 0 fully saturated rings. The lowest BCUT2D eigenvalue weighted by Gasteiger charge is -2.02. The highest BCUT2D eigenvalue weighted by molar-refractivity contribution is 7.22. The smallest absolute Gasteiger partial charge is 0.262 e. The van der Waals surface area contributed by atoms with Gasteiger partial charge in [0, 0.05) is 11.8 Å². The van der Waals surface area contributed by atoms with Gasteiger partial charge >= 0.3 is 0 Å². The molecule has 3 aromatic heterocycles. The van der Waals surface area contributed by atoms with Crippen molar-refractivity contribution >= 4 is 21.6 Å². The quantitative estimate of drug-likeness (QED) is 0.573. The van der Waals surface area contributed by atoms with Gasteiger partial charge in [-0.3, -0.25) is 9.36 Å². The number of rotatable bonds is 3. The van der Waals surface area contributed by atoms with Gasteiger partial charge in [0.25, 0.3) is 5.56 Å². The van der Waals surface area contributed by atoms with E-state index < -0.39 is 0 Å². The molecule has 0 atom stereocenters. The van der Waals surface area contributed by atoms with Crippen LogP contribution in [-0.4, -0.2) is 19.7 Å². The second-order valence-corrected chi connectivity index (χ2v) is 6.51. The van der Waals surface area contributed by atoms with Gasteiger partial charge in [0.05, 0.1) is 18.3 Å². The molecule has 0 aliphatic rings. The van der Waals surface area contributed by atoms with Crippen LogP contribution in [0.5, 0.6) is 0 Å². The number of nitrogens with zero attached hydrogens (tertiary/aromatic N) is 4. The fraction of sp³-hybridized carbons (Fsp3) is 0.176. The van der Waals surface area contributed by atoms with Gasteiger partial charge in [-0.1, -0.05) is 35.5 Å². The minimum absolute atomic E-state index is 0.0848. The highest BCUT2D eigenvalue weighted by Crippen LogP contribution is 2.35. The fourth-order valence-corrected chi connectivity index (χ4v) is 3.84. The average Bonchev–Trinajstić information content (AvgIpc) is 3.15. The molecule has 0 unspecified atom stereocenters. The molecule has 4 aromatic rings. The van der Waals surface area contributed by atoms with Crippen LogP contribution in [0.3, 0.4) is 0 Å². The Morgan fingerprint density at radius 3 is 2.71 bits per heavy atom. The zero-order valence-electron chi connectivity index (χ0n) is 13.2. The topological polar surface area (TPSA) is 73.8 Å². The highest BCUT2D eigenvalue weighted by atomic mass is 32.1. The van der Waals surface area contributed by atoms with Crippen LogP contribution in [0.25, 0.3) is 20.7 Å². The Balaban J connectivity index is 1.84. The van der Waals surface area contributed by atoms with E-state index in [4.69, 9.17) is 4.52 Å². The first-order chi connectivity index (χ1) is 11.6. The molecule has 0 aliphatic carbocycles. The van der Waals surface area contributed by atoms with Crippen LogP contribution in [0, 0.1) is 13.8 Å². The maximum atomic E-state index is 12.8. The molecule has 7 heteroatoms. The maximum Gasteiger partial charge on any atom is 0.262 e. The lowest BCUT2D eigenvalue weighted by atomic mass is 10.1. The summed E-state index contributed by atoms with van der Waals surface area (Å²) in [7, 11) is 0. The molecular formula is C17H14N4O2S. The second kappa shape index (κ2) is 5.68. The van der Waals surface area contributed by atoms with Crippen molar-refractivity contribution in [3.05, 3.63) is 64.3 Å². The monoisotopic (exact) mass is 338 g/mol. The van der Waals surface area contributed by atoms with E-state index in [-0.39, 0.29) is 12.1 Å².